The molecule has 0 aliphatic carbocycles. The van der Waals surface area contributed by atoms with Crippen molar-refractivity contribution in [3.8, 4) is 0 Å². The zero-order chi connectivity index (χ0) is 23.4. The molecule has 1 unspecified atom stereocenters. The van der Waals surface area contributed by atoms with Crippen molar-refractivity contribution in [1.82, 2.24) is 9.97 Å². The van der Waals surface area contributed by atoms with E-state index in [0.29, 0.717) is 30.2 Å². The van der Waals surface area contributed by atoms with Crippen molar-refractivity contribution >= 4 is 34.1 Å². The molecule has 0 amide bonds. The van der Waals surface area contributed by atoms with Gasteiger partial charge in [-0.1, -0.05) is 38.1 Å². The van der Waals surface area contributed by atoms with Gasteiger partial charge in [-0.05, 0) is 51.1 Å². The van der Waals surface area contributed by atoms with E-state index in [9.17, 15) is 9.90 Å². The number of nitrogens with zero attached hydrogens (tertiary/aromatic N) is 2. The zero-order valence-electron chi connectivity index (χ0n) is 19.2. The van der Waals surface area contributed by atoms with Crippen molar-refractivity contribution in [2.75, 3.05) is 18.2 Å². The molecule has 2 N–H and O–H groups in total. The molecule has 2 rings (SSSR count). The molecule has 168 valence electrons. The molecule has 0 saturated heterocycles. The third kappa shape index (κ3) is 7.22. The lowest BCUT2D eigenvalue weighted by Gasteiger charge is -2.16. The average Bonchev–Trinajstić information content (AvgIpc) is 2.77. The summed E-state index contributed by atoms with van der Waals surface area (Å²) < 4.78 is 5.32. The zero-order valence-corrected chi connectivity index (χ0v) is 20.0. The SMILES string of the molecule is C=CCc1c(C)nc(/C(=C/C)SC)nc1Nc1ccc(C(OCC)C(=O)O)cc1.CC. The first-order valence-electron chi connectivity index (χ1n) is 10.4. The summed E-state index contributed by atoms with van der Waals surface area (Å²) in [7, 11) is 0. The minimum Gasteiger partial charge on any atom is -0.479 e. The highest BCUT2D eigenvalue weighted by atomic mass is 32.2. The van der Waals surface area contributed by atoms with E-state index in [1.807, 2.05) is 58.2 Å². The first kappa shape index (κ1) is 26.4. The van der Waals surface area contributed by atoms with E-state index in [0.717, 1.165) is 21.8 Å². The van der Waals surface area contributed by atoms with Crippen LogP contribution in [0.3, 0.4) is 0 Å². The van der Waals surface area contributed by atoms with Crippen molar-refractivity contribution in [3.05, 3.63) is 65.6 Å². The number of rotatable bonds is 10. The number of nitrogens with one attached hydrogen (secondary N) is 1. The third-order valence-corrected chi connectivity index (χ3v) is 5.16. The molecule has 1 heterocycles. The van der Waals surface area contributed by atoms with Gasteiger partial charge in [0.25, 0.3) is 0 Å². The minimum atomic E-state index is -1.01. The van der Waals surface area contributed by atoms with Crippen LogP contribution < -0.4 is 5.32 Å². The van der Waals surface area contributed by atoms with Crippen LogP contribution in [0.25, 0.3) is 4.91 Å². The Balaban J connectivity index is 0.00000233. The molecule has 0 aliphatic heterocycles. The Hall–Kier alpha value is -2.64. The van der Waals surface area contributed by atoms with Gasteiger partial charge >= 0.3 is 5.97 Å². The topological polar surface area (TPSA) is 84.3 Å². The van der Waals surface area contributed by atoms with Crippen molar-refractivity contribution in [3.63, 3.8) is 0 Å². The number of carbonyl (C=O) groups is 1. The molecule has 0 bridgehead atoms. The second-order valence-electron chi connectivity index (χ2n) is 6.23. The van der Waals surface area contributed by atoms with Gasteiger partial charge in [-0.2, -0.15) is 0 Å². The van der Waals surface area contributed by atoms with Crippen LogP contribution in [0.5, 0.6) is 0 Å². The number of aliphatic carboxylic acids is 1. The summed E-state index contributed by atoms with van der Waals surface area (Å²) in [5.41, 5.74) is 3.26. The molecule has 1 aromatic carbocycles. The Morgan fingerprint density at radius 2 is 1.94 bits per heavy atom. The summed E-state index contributed by atoms with van der Waals surface area (Å²) in [4.78, 5) is 21.8. The maximum atomic E-state index is 11.4. The average molecular weight is 444 g/mol. The molecule has 0 saturated carbocycles. The first-order chi connectivity index (χ1) is 14.9. The molecule has 0 spiro atoms. The number of anilines is 2. The van der Waals surface area contributed by atoms with E-state index in [-0.39, 0.29) is 0 Å². The quantitative estimate of drug-likeness (QED) is 0.425. The Labute approximate surface area is 189 Å². The minimum absolute atomic E-state index is 0.327. The molecular weight excluding hydrogens is 410 g/mol. The summed E-state index contributed by atoms with van der Waals surface area (Å²) in [6, 6.07) is 7.14. The standard InChI is InChI=1S/C22H27N3O3S.C2H6/c1-6-9-17-14(4)23-21(18(7-2)29-5)25-20(17)24-16-12-10-15(11-13-16)19(22(26)27)28-8-3;1-2/h6-7,10-13,19H,1,8-9H2,2-5H3,(H,26,27)(H,23,24,25);1-2H3/b18-7-;. The molecule has 31 heavy (non-hydrogen) atoms. The van der Waals surface area contributed by atoms with Gasteiger partial charge in [0.2, 0.25) is 0 Å². The third-order valence-electron chi connectivity index (χ3n) is 4.30. The predicted molar refractivity (Wildman–Crippen MR) is 131 cm³/mol. The number of aryl methyl sites for hydroxylation is 1. The summed E-state index contributed by atoms with van der Waals surface area (Å²) in [6.07, 6.45) is 5.48. The highest BCUT2D eigenvalue weighted by molar-refractivity contribution is 8.07. The van der Waals surface area contributed by atoms with Crippen LogP contribution in [0.15, 0.2) is 43.0 Å². The van der Waals surface area contributed by atoms with E-state index in [4.69, 9.17) is 9.72 Å². The molecule has 2 aromatic rings. The molecule has 0 fully saturated rings. The number of carboxylic acids is 1. The van der Waals surface area contributed by atoms with Crippen LogP contribution in [0, 0.1) is 6.92 Å². The number of aromatic nitrogens is 2. The van der Waals surface area contributed by atoms with Gasteiger partial charge < -0.3 is 15.2 Å². The van der Waals surface area contributed by atoms with E-state index >= 15 is 0 Å². The predicted octanol–water partition coefficient (Wildman–Crippen LogP) is 6.17. The number of carboxylic acid groups (broad SMARTS) is 1. The van der Waals surface area contributed by atoms with Crippen LogP contribution in [0.2, 0.25) is 0 Å². The second-order valence-corrected chi connectivity index (χ2v) is 7.08. The van der Waals surface area contributed by atoms with Crippen molar-refractivity contribution < 1.29 is 14.6 Å². The Morgan fingerprint density at radius 3 is 2.42 bits per heavy atom. The van der Waals surface area contributed by atoms with Crippen molar-refractivity contribution in [2.45, 2.75) is 47.1 Å². The van der Waals surface area contributed by atoms with E-state index in [2.05, 4.69) is 16.9 Å². The highest BCUT2D eigenvalue weighted by Crippen LogP contribution is 2.28. The van der Waals surface area contributed by atoms with Crippen molar-refractivity contribution in [1.29, 1.82) is 0 Å². The highest BCUT2D eigenvalue weighted by Gasteiger charge is 2.20. The normalized spacial score (nSPS) is 11.9. The molecule has 1 aromatic heterocycles. The van der Waals surface area contributed by atoms with Gasteiger partial charge in [-0.25, -0.2) is 14.8 Å². The Kier molecular flexibility index (Phi) is 11.6. The van der Waals surface area contributed by atoms with Gasteiger partial charge in [0.15, 0.2) is 11.9 Å². The molecular formula is C24H33N3O3S. The first-order valence-corrected chi connectivity index (χ1v) is 11.6. The fourth-order valence-electron chi connectivity index (χ4n) is 2.89. The number of hydrogen-bond acceptors (Lipinski definition) is 6. The number of benzene rings is 1. The van der Waals surface area contributed by atoms with Gasteiger partial charge in [0, 0.05) is 28.5 Å². The fraction of sp³-hybridized carbons (Fsp3) is 0.375. The van der Waals surface area contributed by atoms with Crippen LogP contribution >= 0.6 is 11.8 Å². The van der Waals surface area contributed by atoms with E-state index < -0.39 is 12.1 Å². The number of thioether (sulfide) groups is 1. The molecule has 7 heteroatoms. The lowest BCUT2D eigenvalue weighted by molar-refractivity contribution is -0.150. The number of hydrogen-bond donors (Lipinski definition) is 2. The lowest BCUT2D eigenvalue weighted by Crippen LogP contribution is -2.15. The molecule has 0 radical (unpaired) electrons. The summed E-state index contributed by atoms with van der Waals surface area (Å²) >= 11 is 1.60. The Morgan fingerprint density at radius 1 is 1.29 bits per heavy atom. The molecule has 6 nitrogen and oxygen atoms in total. The maximum Gasteiger partial charge on any atom is 0.337 e. The second kappa shape index (κ2) is 13.6. The Bertz CT molecular complexity index is 896. The summed E-state index contributed by atoms with van der Waals surface area (Å²) in [5.74, 6) is 0.382. The summed E-state index contributed by atoms with van der Waals surface area (Å²) in [6.45, 7) is 13.9. The number of ether oxygens (including phenoxy) is 1. The van der Waals surface area contributed by atoms with E-state index in [1.54, 1.807) is 30.8 Å². The smallest absolute Gasteiger partial charge is 0.337 e. The van der Waals surface area contributed by atoms with Crippen LogP contribution in [-0.4, -0.2) is 33.9 Å². The van der Waals surface area contributed by atoms with Crippen LogP contribution in [0.1, 0.15) is 56.4 Å². The molecule has 0 aliphatic rings. The van der Waals surface area contributed by atoms with Crippen molar-refractivity contribution in [2.24, 2.45) is 0 Å². The lowest BCUT2D eigenvalue weighted by atomic mass is 10.1. The number of allylic oxidation sites excluding steroid dienone is 2. The van der Waals surface area contributed by atoms with Crippen LogP contribution in [-0.2, 0) is 16.0 Å². The van der Waals surface area contributed by atoms with Gasteiger partial charge in [-0.15, -0.1) is 18.3 Å². The van der Waals surface area contributed by atoms with Gasteiger partial charge in [0.1, 0.15) is 5.82 Å². The maximum absolute atomic E-state index is 11.4. The van der Waals surface area contributed by atoms with E-state index in [1.165, 1.54) is 0 Å². The van der Waals surface area contributed by atoms with Crippen LogP contribution in [0.4, 0.5) is 11.5 Å². The fourth-order valence-corrected chi connectivity index (χ4v) is 3.40. The van der Waals surface area contributed by atoms with Gasteiger partial charge in [-0.3, -0.25) is 0 Å². The molecule has 1 atom stereocenters. The summed E-state index contributed by atoms with van der Waals surface area (Å²) in [5, 5.41) is 12.7. The van der Waals surface area contributed by atoms with Gasteiger partial charge in [0.05, 0.1) is 0 Å². The largest absolute Gasteiger partial charge is 0.479 e. The monoisotopic (exact) mass is 443 g/mol.